The van der Waals surface area contributed by atoms with Crippen molar-refractivity contribution in [1.29, 1.82) is 0 Å². The molecule has 0 aliphatic heterocycles. The van der Waals surface area contributed by atoms with E-state index in [9.17, 15) is 4.79 Å². The minimum Gasteiger partial charge on any atom is -0.497 e. The van der Waals surface area contributed by atoms with Crippen LogP contribution in [0.5, 0.6) is 11.5 Å². The topological polar surface area (TPSA) is 47.9 Å². The van der Waals surface area contributed by atoms with Gasteiger partial charge in [0.15, 0.2) is 0 Å². The zero-order valence-corrected chi connectivity index (χ0v) is 9.17. The first-order valence-electron chi connectivity index (χ1n) is 4.17. The van der Waals surface area contributed by atoms with Crippen LogP contribution in [0.4, 0.5) is 0 Å². The molecular formula is C10H10ClNO3. The minimum absolute atomic E-state index is 0.170. The molecule has 0 aromatic heterocycles. The molecule has 0 saturated carbocycles. The van der Waals surface area contributed by atoms with Crippen molar-refractivity contribution < 1.29 is 14.3 Å². The fourth-order valence-electron chi connectivity index (χ4n) is 1.20. The van der Waals surface area contributed by atoms with Crippen molar-refractivity contribution in [2.75, 3.05) is 14.2 Å². The van der Waals surface area contributed by atoms with Crippen molar-refractivity contribution in [2.45, 2.75) is 6.54 Å². The Bertz CT molecular complexity index is 400. The van der Waals surface area contributed by atoms with Crippen molar-refractivity contribution in [2.24, 2.45) is 4.99 Å². The lowest BCUT2D eigenvalue weighted by molar-refractivity contribution is 0.399. The Kier molecular flexibility index (Phi) is 4.16. The summed E-state index contributed by atoms with van der Waals surface area (Å²) in [6.45, 7) is 0.170. The first-order chi connectivity index (χ1) is 7.22. The molecule has 0 heterocycles. The van der Waals surface area contributed by atoms with Gasteiger partial charge in [0.2, 0.25) is 6.08 Å². The number of rotatable bonds is 4. The Morgan fingerprint density at radius 3 is 2.67 bits per heavy atom. The van der Waals surface area contributed by atoms with E-state index in [1.807, 2.05) is 0 Å². The van der Waals surface area contributed by atoms with E-state index in [-0.39, 0.29) is 6.54 Å². The molecule has 1 rings (SSSR count). The molecular weight excluding hydrogens is 218 g/mol. The van der Waals surface area contributed by atoms with Gasteiger partial charge >= 0.3 is 0 Å². The normalized spacial score (nSPS) is 9.27. The minimum atomic E-state index is 0.170. The van der Waals surface area contributed by atoms with Crippen LogP contribution in [0.25, 0.3) is 0 Å². The number of benzene rings is 1. The van der Waals surface area contributed by atoms with Crippen LogP contribution in [0.2, 0.25) is 5.02 Å². The van der Waals surface area contributed by atoms with Gasteiger partial charge in [0, 0.05) is 11.6 Å². The van der Waals surface area contributed by atoms with Crippen LogP contribution in [0, 0.1) is 0 Å². The summed E-state index contributed by atoms with van der Waals surface area (Å²) in [6.07, 6.45) is 1.46. The lowest BCUT2D eigenvalue weighted by Gasteiger charge is -2.10. The maximum absolute atomic E-state index is 10.0. The SMILES string of the molecule is COc1cc(Cl)c(OC)c(CN=C=O)c1. The van der Waals surface area contributed by atoms with Gasteiger partial charge in [-0.1, -0.05) is 11.6 Å². The van der Waals surface area contributed by atoms with Crippen molar-refractivity contribution in [1.82, 2.24) is 0 Å². The molecule has 1 aromatic carbocycles. The molecule has 0 atom stereocenters. The van der Waals surface area contributed by atoms with Gasteiger partial charge in [0.05, 0.1) is 25.8 Å². The summed E-state index contributed by atoms with van der Waals surface area (Å²) in [5.74, 6) is 1.09. The van der Waals surface area contributed by atoms with E-state index in [0.29, 0.717) is 22.1 Å². The summed E-state index contributed by atoms with van der Waals surface area (Å²) >= 11 is 5.95. The van der Waals surface area contributed by atoms with E-state index in [1.165, 1.54) is 20.3 Å². The molecule has 1 aromatic rings. The maximum atomic E-state index is 10.0. The highest BCUT2D eigenvalue weighted by Gasteiger charge is 2.10. The van der Waals surface area contributed by atoms with Gasteiger partial charge in [0.25, 0.3) is 0 Å². The number of ether oxygens (including phenoxy) is 2. The molecule has 0 bridgehead atoms. The average molecular weight is 228 g/mol. The van der Waals surface area contributed by atoms with Crippen LogP contribution in [0.1, 0.15) is 5.56 Å². The lowest BCUT2D eigenvalue weighted by atomic mass is 10.2. The quantitative estimate of drug-likeness (QED) is 0.585. The molecule has 0 radical (unpaired) electrons. The van der Waals surface area contributed by atoms with Crippen LogP contribution >= 0.6 is 11.6 Å². The molecule has 0 saturated heterocycles. The first-order valence-corrected chi connectivity index (χ1v) is 4.54. The van der Waals surface area contributed by atoms with Gasteiger partial charge in [-0.25, -0.2) is 9.79 Å². The van der Waals surface area contributed by atoms with Crippen molar-refractivity contribution in [3.05, 3.63) is 22.7 Å². The third-order valence-corrected chi connectivity index (χ3v) is 2.13. The number of methoxy groups -OCH3 is 2. The number of aliphatic imine (C=N–C) groups is 1. The predicted molar refractivity (Wildman–Crippen MR) is 56.4 cm³/mol. The van der Waals surface area contributed by atoms with Crippen LogP contribution < -0.4 is 9.47 Å². The van der Waals surface area contributed by atoms with Crippen molar-refractivity contribution in [3.8, 4) is 11.5 Å². The fourth-order valence-corrected chi connectivity index (χ4v) is 1.51. The Hall–Kier alpha value is -1.51. The first kappa shape index (κ1) is 11.6. The predicted octanol–water partition coefficient (Wildman–Crippen LogP) is 2.19. The molecule has 0 N–H and O–H groups in total. The lowest BCUT2D eigenvalue weighted by Crippen LogP contribution is -1.94. The van der Waals surface area contributed by atoms with Gasteiger partial charge in [-0.3, -0.25) is 0 Å². The smallest absolute Gasteiger partial charge is 0.235 e. The molecule has 5 heteroatoms. The molecule has 80 valence electrons. The summed E-state index contributed by atoms with van der Waals surface area (Å²) < 4.78 is 10.1. The zero-order valence-electron chi connectivity index (χ0n) is 8.41. The molecule has 0 fully saturated rings. The fraction of sp³-hybridized carbons (Fsp3) is 0.300. The Morgan fingerprint density at radius 1 is 1.40 bits per heavy atom. The van der Waals surface area contributed by atoms with Crippen LogP contribution in [-0.4, -0.2) is 20.3 Å². The molecule has 0 amide bonds. The number of halogens is 1. The second kappa shape index (κ2) is 5.39. The van der Waals surface area contributed by atoms with Crippen LogP contribution in [0.15, 0.2) is 17.1 Å². The standard InChI is InChI=1S/C10H10ClNO3/c1-14-8-3-7(5-12-6-13)10(15-2)9(11)4-8/h3-4H,5H2,1-2H3. The highest BCUT2D eigenvalue weighted by atomic mass is 35.5. The molecule has 0 aliphatic carbocycles. The summed E-state index contributed by atoms with van der Waals surface area (Å²) in [6, 6.07) is 3.35. The molecule has 15 heavy (non-hydrogen) atoms. The molecule has 0 aliphatic rings. The summed E-state index contributed by atoms with van der Waals surface area (Å²) in [5, 5.41) is 0.424. The molecule has 0 spiro atoms. The van der Waals surface area contributed by atoms with Crippen molar-refractivity contribution in [3.63, 3.8) is 0 Å². The second-order valence-electron chi connectivity index (χ2n) is 2.71. The van der Waals surface area contributed by atoms with Crippen LogP contribution in [0.3, 0.4) is 0 Å². The summed E-state index contributed by atoms with van der Waals surface area (Å²) in [5.41, 5.74) is 0.685. The van der Waals surface area contributed by atoms with Crippen molar-refractivity contribution >= 4 is 17.7 Å². The zero-order chi connectivity index (χ0) is 11.3. The van der Waals surface area contributed by atoms with E-state index in [0.717, 1.165) is 0 Å². The average Bonchev–Trinajstić information content (AvgIpc) is 2.25. The van der Waals surface area contributed by atoms with Gasteiger partial charge in [-0.15, -0.1) is 0 Å². The largest absolute Gasteiger partial charge is 0.497 e. The van der Waals surface area contributed by atoms with Gasteiger partial charge in [-0.2, -0.15) is 0 Å². The number of carbonyl (C=O) groups excluding carboxylic acids is 1. The maximum Gasteiger partial charge on any atom is 0.235 e. The van der Waals surface area contributed by atoms with Gasteiger partial charge in [0.1, 0.15) is 11.5 Å². The third-order valence-electron chi connectivity index (χ3n) is 1.85. The van der Waals surface area contributed by atoms with E-state index >= 15 is 0 Å². The van der Waals surface area contributed by atoms with E-state index < -0.39 is 0 Å². The molecule has 0 unspecified atom stereocenters. The highest BCUT2D eigenvalue weighted by molar-refractivity contribution is 6.32. The number of hydrogen-bond acceptors (Lipinski definition) is 4. The number of hydrogen-bond donors (Lipinski definition) is 0. The van der Waals surface area contributed by atoms with E-state index in [4.69, 9.17) is 21.1 Å². The van der Waals surface area contributed by atoms with Gasteiger partial charge in [-0.05, 0) is 6.07 Å². The van der Waals surface area contributed by atoms with E-state index in [1.54, 1.807) is 12.1 Å². The molecule has 4 nitrogen and oxygen atoms in total. The highest BCUT2D eigenvalue weighted by Crippen LogP contribution is 2.33. The Balaban J connectivity index is 3.18. The number of isocyanates is 1. The van der Waals surface area contributed by atoms with E-state index in [2.05, 4.69) is 4.99 Å². The second-order valence-corrected chi connectivity index (χ2v) is 3.12. The monoisotopic (exact) mass is 227 g/mol. The van der Waals surface area contributed by atoms with Gasteiger partial charge < -0.3 is 9.47 Å². The van der Waals surface area contributed by atoms with Crippen LogP contribution in [-0.2, 0) is 11.3 Å². The Morgan fingerprint density at radius 2 is 2.13 bits per heavy atom. The summed E-state index contributed by atoms with van der Waals surface area (Å²) in [4.78, 5) is 13.5. The number of nitrogens with zero attached hydrogens (tertiary/aromatic N) is 1. The summed E-state index contributed by atoms with van der Waals surface area (Å²) in [7, 11) is 3.03. The Labute approximate surface area is 92.5 Å². The third kappa shape index (κ3) is 2.72.